The molecule has 0 aliphatic carbocycles. The van der Waals surface area contributed by atoms with Crippen LogP contribution >= 0.6 is 0 Å². The summed E-state index contributed by atoms with van der Waals surface area (Å²) in [6, 6.07) is 16.3. The zero-order chi connectivity index (χ0) is 22.4. The number of aliphatic hydroxyl groups excluding tert-OH is 1. The Hall–Kier alpha value is -3.33. The largest absolute Gasteiger partial charge is 0.573 e. The minimum atomic E-state index is -4.78. The van der Waals surface area contributed by atoms with Crippen LogP contribution in [0.2, 0.25) is 0 Å². The van der Waals surface area contributed by atoms with E-state index in [-0.39, 0.29) is 24.3 Å². The van der Waals surface area contributed by atoms with Gasteiger partial charge in [-0.05, 0) is 18.1 Å². The Morgan fingerprint density at radius 2 is 1.74 bits per heavy atom. The van der Waals surface area contributed by atoms with Gasteiger partial charge in [0.2, 0.25) is 5.95 Å². The van der Waals surface area contributed by atoms with E-state index < -0.39 is 6.36 Å². The van der Waals surface area contributed by atoms with E-state index in [0.717, 1.165) is 5.56 Å². The van der Waals surface area contributed by atoms with Gasteiger partial charge in [0.25, 0.3) is 0 Å². The number of rotatable bonds is 8. The topological polar surface area (TPSA) is 79.3 Å². The number of aromatic nitrogens is 2. The van der Waals surface area contributed by atoms with Gasteiger partial charge < -0.3 is 20.5 Å². The number of hydrogen-bond acceptors (Lipinski definition) is 6. The number of nitrogens with one attached hydrogen (secondary N) is 2. The average molecular weight is 432 g/mol. The van der Waals surface area contributed by atoms with Gasteiger partial charge in [-0.15, -0.1) is 13.2 Å². The van der Waals surface area contributed by atoms with Gasteiger partial charge in [-0.1, -0.05) is 50.2 Å². The van der Waals surface area contributed by atoms with Crippen LogP contribution in [0, 0.1) is 5.92 Å². The highest BCUT2D eigenvalue weighted by Crippen LogP contribution is 2.28. The van der Waals surface area contributed by atoms with E-state index in [4.69, 9.17) is 0 Å². The van der Waals surface area contributed by atoms with Crippen LogP contribution in [-0.4, -0.2) is 34.1 Å². The predicted molar refractivity (Wildman–Crippen MR) is 113 cm³/mol. The van der Waals surface area contributed by atoms with Crippen molar-refractivity contribution < 1.29 is 23.0 Å². The molecule has 3 aromatic rings. The Morgan fingerprint density at radius 1 is 1.00 bits per heavy atom. The number of alkyl halides is 3. The van der Waals surface area contributed by atoms with Crippen molar-refractivity contribution in [3.63, 3.8) is 0 Å². The maximum atomic E-state index is 12.5. The quantitative estimate of drug-likeness (QED) is 0.453. The molecule has 0 saturated carbocycles. The molecule has 164 valence electrons. The first-order valence-electron chi connectivity index (χ1n) is 9.68. The van der Waals surface area contributed by atoms with Gasteiger partial charge in [0.1, 0.15) is 11.6 Å². The SMILES string of the molecule is CC(C)[C@@H](CO)Nc1nc(Nc2cccc(OC(F)(F)F)c2)cc(-c2ccccc2)n1. The highest BCUT2D eigenvalue weighted by molar-refractivity contribution is 5.67. The molecule has 0 unspecified atom stereocenters. The fourth-order valence-corrected chi connectivity index (χ4v) is 2.84. The Balaban J connectivity index is 1.93. The van der Waals surface area contributed by atoms with Gasteiger partial charge in [-0.25, -0.2) is 4.98 Å². The number of hydrogen-bond donors (Lipinski definition) is 3. The summed E-state index contributed by atoms with van der Waals surface area (Å²) in [6.07, 6.45) is -4.78. The fourth-order valence-electron chi connectivity index (χ4n) is 2.84. The van der Waals surface area contributed by atoms with Crippen LogP contribution in [0.1, 0.15) is 13.8 Å². The molecule has 0 saturated heterocycles. The third-order valence-electron chi connectivity index (χ3n) is 4.45. The van der Waals surface area contributed by atoms with Crippen molar-refractivity contribution in [2.24, 2.45) is 5.92 Å². The second kappa shape index (κ2) is 9.65. The molecule has 0 aliphatic rings. The van der Waals surface area contributed by atoms with Crippen molar-refractivity contribution in [1.82, 2.24) is 9.97 Å². The molecule has 0 bridgehead atoms. The summed E-state index contributed by atoms with van der Waals surface area (Å²) in [5, 5.41) is 15.8. The molecule has 3 rings (SSSR count). The number of nitrogens with zero attached hydrogens (tertiary/aromatic N) is 2. The van der Waals surface area contributed by atoms with Crippen LogP contribution in [0.15, 0.2) is 60.7 Å². The maximum Gasteiger partial charge on any atom is 0.573 e. The van der Waals surface area contributed by atoms with Gasteiger partial charge in [-0.2, -0.15) is 4.98 Å². The van der Waals surface area contributed by atoms with E-state index in [1.165, 1.54) is 18.2 Å². The number of aliphatic hydroxyl groups is 1. The van der Waals surface area contributed by atoms with Crippen molar-refractivity contribution in [3.05, 3.63) is 60.7 Å². The lowest BCUT2D eigenvalue weighted by atomic mass is 10.1. The Bertz CT molecular complexity index is 998. The van der Waals surface area contributed by atoms with Crippen molar-refractivity contribution in [1.29, 1.82) is 0 Å². The van der Waals surface area contributed by atoms with Crippen LogP contribution in [0.25, 0.3) is 11.3 Å². The first-order chi connectivity index (χ1) is 14.7. The van der Waals surface area contributed by atoms with E-state index in [9.17, 15) is 18.3 Å². The number of benzene rings is 2. The summed E-state index contributed by atoms with van der Waals surface area (Å²) in [7, 11) is 0. The molecule has 0 fully saturated rings. The zero-order valence-electron chi connectivity index (χ0n) is 17.0. The van der Waals surface area contributed by atoms with Crippen molar-refractivity contribution in [2.45, 2.75) is 26.3 Å². The molecule has 9 heteroatoms. The summed E-state index contributed by atoms with van der Waals surface area (Å²) in [4.78, 5) is 8.96. The predicted octanol–water partition coefficient (Wildman–Crippen LogP) is 5.21. The summed E-state index contributed by atoms with van der Waals surface area (Å²) in [5.74, 6) is 0.454. The van der Waals surface area contributed by atoms with Gasteiger partial charge in [0, 0.05) is 23.4 Å². The number of ether oxygens (including phenoxy) is 1. The first-order valence-corrected chi connectivity index (χ1v) is 9.68. The molecular formula is C22H23F3N4O2. The normalized spacial score (nSPS) is 12.5. The Morgan fingerprint density at radius 3 is 2.39 bits per heavy atom. The molecule has 0 aliphatic heterocycles. The molecule has 0 amide bonds. The lowest BCUT2D eigenvalue weighted by Gasteiger charge is -2.21. The molecule has 3 N–H and O–H groups in total. The highest BCUT2D eigenvalue weighted by atomic mass is 19.4. The minimum absolute atomic E-state index is 0.101. The number of anilines is 3. The van der Waals surface area contributed by atoms with Crippen LogP contribution in [-0.2, 0) is 0 Å². The molecule has 0 spiro atoms. The monoisotopic (exact) mass is 432 g/mol. The second-order valence-electron chi connectivity index (χ2n) is 7.21. The van der Waals surface area contributed by atoms with Crippen LogP contribution in [0.5, 0.6) is 5.75 Å². The van der Waals surface area contributed by atoms with Crippen molar-refractivity contribution in [2.75, 3.05) is 17.2 Å². The van der Waals surface area contributed by atoms with Crippen molar-refractivity contribution >= 4 is 17.5 Å². The summed E-state index contributed by atoms with van der Waals surface area (Å²) in [5.41, 5.74) is 1.83. The smallest absolute Gasteiger partial charge is 0.406 e. The van der Waals surface area contributed by atoms with E-state index in [2.05, 4.69) is 25.3 Å². The molecular weight excluding hydrogens is 409 g/mol. The molecule has 1 aromatic heterocycles. The zero-order valence-corrected chi connectivity index (χ0v) is 17.0. The van der Waals surface area contributed by atoms with Gasteiger partial charge >= 0.3 is 6.36 Å². The van der Waals surface area contributed by atoms with Crippen LogP contribution in [0.4, 0.5) is 30.6 Å². The lowest BCUT2D eigenvalue weighted by molar-refractivity contribution is -0.274. The fraction of sp³-hybridized carbons (Fsp3) is 0.273. The second-order valence-corrected chi connectivity index (χ2v) is 7.21. The van der Waals surface area contributed by atoms with Crippen LogP contribution in [0.3, 0.4) is 0 Å². The lowest BCUT2D eigenvalue weighted by Crippen LogP contribution is -2.30. The molecule has 1 atom stereocenters. The van der Waals surface area contributed by atoms with Gasteiger partial charge in [0.15, 0.2) is 0 Å². The molecule has 0 radical (unpaired) electrons. The summed E-state index contributed by atoms with van der Waals surface area (Å²) in [6.45, 7) is 3.82. The third kappa shape index (κ3) is 6.58. The van der Waals surface area contributed by atoms with Crippen LogP contribution < -0.4 is 15.4 Å². The van der Waals surface area contributed by atoms with E-state index in [0.29, 0.717) is 23.1 Å². The van der Waals surface area contributed by atoms with E-state index in [1.807, 2.05) is 44.2 Å². The van der Waals surface area contributed by atoms with E-state index >= 15 is 0 Å². The first kappa shape index (κ1) is 22.4. The van der Waals surface area contributed by atoms with Gasteiger partial charge in [0.05, 0.1) is 18.3 Å². The molecule has 1 heterocycles. The summed E-state index contributed by atoms with van der Waals surface area (Å²) < 4.78 is 41.5. The number of halogens is 3. The van der Waals surface area contributed by atoms with Gasteiger partial charge in [-0.3, -0.25) is 0 Å². The highest BCUT2D eigenvalue weighted by Gasteiger charge is 2.31. The van der Waals surface area contributed by atoms with E-state index in [1.54, 1.807) is 12.1 Å². The third-order valence-corrected chi connectivity index (χ3v) is 4.45. The molecule has 6 nitrogen and oxygen atoms in total. The Labute approximate surface area is 178 Å². The Kier molecular flexibility index (Phi) is 6.96. The minimum Gasteiger partial charge on any atom is -0.406 e. The maximum absolute atomic E-state index is 12.5. The summed E-state index contributed by atoms with van der Waals surface area (Å²) >= 11 is 0. The molecule has 2 aromatic carbocycles. The molecule has 31 heavy (non-hydrogen) atoms. The standard InChI is InChI=1S/C22H23F3N4O2/c1-14(2)19(13-30)28-21-27-18(15-7-4-3-5-8-15)12-20(29-21)26-16-9-6-10-17(11-16)31-22(23,24)25/h3-12,14,19,30H,13H2,1-2H3,(H2,26,27,28,29)/t19-/m1/s1. The van der Waals surface area contributed by atoms with Crippen molar-refractivity contribution in [3.8, 4) is 17.0 Å². The average Bonchev–Trinajstić information content (AvgIpc) is 2.71.